The minimum Gasteiger partial charge on any atom is -0.493 e. The van der Waals surface area contributed by atoms with Crippen LogP contribution in [0.1, 0.15) is 0 Å². The van der Waals surface area contributed by atoms with E-state index in [0.29, 0.717) is 16.3 Å². The Morgan fingerprint density at radius 3 is 2.21 bits per heavy atom. The van der Waals surface area contributed by atoms with Gasteiger partial charge < -0.3 is 10.5 Å². The highest BCUT2D eigenvalue weighted by Crippen LogP contribution is 2.14. The Bertz CT molecular complexity index is 622. The average molecular weight is 277 g/mol. The van der Waals surface area contributed by atoms with Crippen LogP contribution in [0.15, 0.2) is 59.5 Å². The molecule has 2 rings (SSSR count). The summed E-state index contributed by atoms with van der Waals surface area (Å²) in [5.74, 6) is 0.555. The van der Waals surface area contributed by atoms with Crippen molar-refractivity contribution in [1.82, 2.24) is 0 Å². The first-order valence-electron chi connectivity index (χ1n) is 5.84. The molecule has 0 spiro atoms. The van der Waals surface area contributed by atoms with Crippen molar-refractivity contribution < 1.29 is 13.2 Å². The molecule has 0 fully saturated rings. The van der Waals surface area contributed by atoms with Crippen LogP contribution in [-0.2, 0) is 9.84 Å². The zero-order chi connectivity index (χ0) is 13.7. The minimum absolute atomic E-state index is 0.0542. The van der Waals surface area contributed by atoms with Crippen molar-refractivity contribution in [3.05, 3.63) is 54.6 Å². The second-order valence-corrected chi connectivity index (χ2v) is 6.16. The fourth-order valence-electron chi connectivity index (χ4n) is 1.58. The molecule has 0 aliphatic rings. The van der Waals surface area contributed by atoms with E-state index in [4.69, 9.17) is 10.5 Å². The quantitative estimate of drug-likeness (QED) is 0.850. The standard InChI is InChI=1S/C14H15NO3S/c15-12-6-8-13(9-7-12)18-10-11-19(16,17)14-4-2-1-3-5-14/h1-9H,10-11,15H2. The van der Waals surface area contributed by atoms with Crippen LogP contribution in [-0.4, -0.2) is 20.8 Å². The van der Waals surface area contributed by atoms with Gasteiger partial charge in [0.2, 0.25) is 0 Å². The molecule has 19 heavy (non-hydrogen) atoms. The van der Waals surface area contributed by atoms with Crippen molar-refractivity contribution in [2.24, 2.45) is 0 Å². The predicted octanol–water partition coefficient (Wildman–Crippen LogP) is 2.12. The maximum absolute atomic E-state index is 12.0. The van der Waals surface area contributed by atoms with Gasteiger partial charge >= 0.3 is 0 Å². The summed E-state index contributed by atoms with van der Waals surface area (Å²) in [6.45, 7) is 0.112. The number of hydrogen-bond donors (Lipinski definition) is 1. The van der Waals surface area contributed by atoms with E-state index in [0.717, 1.165) is 0 Å². The molecule has 0 aliphatic heterocycles. The zero-order valence-electron chi connectivity index (χ0n) is 10.3. The monoisotopic (exact) mass is 277 g/mol. The Kier molecular flexibility index (Phi) is 4.06. The molecule has 2 aromatic carbocycles. The second-order valence-electron chi connectivity index (χ2n) is 4.05. The number of sulfone groups is 1. The van der Waals surface area contributed by atoms with Crippen molar-refractivity contribution in [2.75, 3.05) is 18.1 Å². The van der Waals surface area contributed by atoms with E-state index >= 15 is 0 Å². The fraction of sp³-hybridized carbons (Fsp3) is 0.143. The van der Waals surface area contributed by atoms with E-state index in [-0.39, 0.29) is 12.4 Å². The van der Waals surface area contributed by atoms with Gasteiger partial charge in [-0.15, -0.1) is 0 Å². The normalized spacial score (nSPS) is 11.2. The maximum atomic E-state index is 12.0. The fourth-order valence-corrected chi connectivity index (χ4v) is 2.69. The summed E-state index contributed by atoms with van der Waals surface area (Å²) >= 11 is 0. The molecule has 0 atom stereocenters. The molecule has 5 heteroatoms. The molecular formula is C14H15NO3S. The third-order valence-electron chi connectivity index (χ3n) is 2.60. The Balaban J connectivity index is 1.94. The smallest absolute Gasteiger partial charge is 0.181 e. The molecule has 0 heterocycles. The SMILES string of the molecule is Nc1ccc(OCCS(=O)(=O)c2ccccc2)cc1. The summed E-state index contributed by atoms with van der Waals surface area (Å²) in [4.78, 5) is 0.316. The van der Waals surface area contributed by atoms with Gasteiger partial charge in [-0.1, -0.05) is 18.2 Å². The Morgan fingerprint density at radius 2 is 1.58 bits per heavy atom. The summed E-state index contributed by atoms with van der Waals surface area (Å²) in [6, 6.07) is 15.2. The molecule has 100 valence electrons. The van der Waals surface area contributed by atoms with E-state index in [9.17, 15) is 8.42 Å². The topological polar surface area (TPSA) is 69.4 Å². The van der Waals surface area contributed by atoms with E-state index < -0.39 is 9.84 Å². The molecular weight excluding hydrogens is 262 g/mol. The van der Waals surface area contributed by atoms with Crippen LogP contribution in [0.2, 0.25) is 0 Å². The molecule has 0 aliphatic carbocycles. The number of rotatable bonds is 5. The number of nitrogen functional groups attached to an aromatic ring is 1. The Hall–Kier alpha value is -2.01. The van der Waals surface area contributed by atoms with Crippen LogP contribution in [0, 0.1) is 0 Å². The third-order valence-corrected chi connectivity index (χ3v) is 4.30. The number of nitrogens with two attached hydrogens (primary N) is 1. The molecule has 0 saturated heterocycles. The molecule has 0 radical (unpaired) electrons. The van der Waals surface area contributed by atoms with Gasteiger partial charge in [0, 0.05) is 5.69 Å². The minimum atomic E-state index is -3.29. The summed E-state index contributed by atoms with van der Waals surface area (Å²) in [6.07, 6.45) is 0. The summed E-state index contributed by atoms with van der Waals surface area (Å²) in [5, 5.41) is 0. The highest BCUT2D eigenvalue weighted by atomic mass is 32.2. The highest BCUT2D eigenvalue weighted by Gasteiger charge is 2.13. The molecule has 2 N–H and O–H groups in total. The van der Waals surface area contributed by atoms with E-state index in [1.807, 2.05) is 0 Å². The molecule has 0 unspecified atom stereocenters. The number of hydrogen-bond acceptors (Lipinski definition) is 4. The molecule has 0 amide bonds. The molecule has 4 nitrogen and oxygen atoms in total. The van der Waals surface area contributed by atoms with Crippen LogP contribution >= 0.6 is 0 Å². The highest BCUT2D eigenvalue weighted by molar-refractivity contribution is 7.91. The van der Waals surface area contributed by atoms with Crippen LogP contribution in [0.5, 0.6) is 5.75 Å². The van der Waals surface area contributed by atoms with E-state index in [1.165, 1.54) is 0 Å². The lowest BCUT2D eigenvalue weighted by Crippen LogP contribution is -2.14. The van der Waals surface area contributed by atoms with Crippen LogP contribution in [0.4, 0.5) is 5.69 Å². The molecule has 0 bridgehead atoms. The number of anilines is 1. The predicted molar refractivity (Wildman–Crippen MR) is 74.8 cm³/mol. The first-order valence-corrected chi connectivity index (χ1v) is 7.49. The first-order chi connectivity index (χ1) is 9.08. The van der Waals surface area contributed by atoms with E-state index in [1.54, 1.807) is 54.6 Å². The van der Waals surface area contributed by atoms with Crippen molar-refractivity contribution in [3.63, 3.8) is 0 Å². The lowest BCUT2D eigenvalue weighted by molar-refractivity contribution is 0.341. The Labute approximate surface area is 112 Å². The first kappa shape index (κ1) is 13.4. The largest absolute Gasteiger partial charge is 0.493 e. The van der Waals surface area contributed by atoms with Gasteiger partial charge in [0.15, 0.2) is 9.84 Å². The van der Waals surface area contributed by atoms with Gasteiger partial charge in [0.1, 0.15) is 12.4 Å². The van der Waals surface area contributed by atoms with Gasteiger partial charge in [-0.3, -0.25) is 0 Å². The Morgan fingerprint density at radius 1 is 0.947 bits per heavy atom. The van der Waals surface area contributed by atoms with Crippen molar-refractivity contribution >= 4 is 15.5 Å². The van der Waals surface area contributed by atoms with Gasteiger partial charge in [-0.25, -0.2) is 8.42 Å². The summed E-state index contributed by atoms with van der Waals surface area (Å²) < 4.78 is 29.3. The maximum Gasteiger partial charge on any atom is 0.181 e. The molecule has 2 aromatic rings. The number of ether oxygens (including phenoxy) is 1. The van der Waals surface area contributed by atoms with Gasteiger partial charge in [-0.05, 0) is 36.4 Å². The van der Waals surface area contributed by atoms with Gasteiger partial charge in [0.05, 0.1) is 10.6 Å². The molecule has 0 aromatic heterocycles. The summed E-state index contributed by atoms with van der Waals surface area (Å²) in [5.41, 5.74) is 6.19. The lowest BCUT2D eigenvalue weighted by Gasteiger charge is -2.07. The lowest BCUT2D eigenvalue weighted by atomic mass is 10.3. The zero-order valence-corrected chi connectivity index (χ0v) is 11.1. The van der Waals surface area contributed by atoms with Gasteiger partial charge in [0.25, 0.3) is 0 Å². The van der Waals surface area contributed by atoms with Crippen molar-refractivity contribution in [3.8, 4) is 5.75 Å². The van der Waals surface area contributed by atoms with Crippen molar-refractivity contribution in [1.29, 1.82) is 0 Å². The van der Waals surface area contributed by atoms with Crippen LogP contribution < -0.4 is 10.5 Å². The third kappa shape index (κ3) is 3.72. The van der Waals surface area contributed by atoms with Crippen LogP contribution in [0.3, 0.4) is 0 Å². The van der Waals surface area contributed by atoms with Crippen molar-refractivity contribution in [2.45, 2.75) is 4.90 Å². The molecule has 0 saturated carbocycles. The summed E-state index contributed by atoms with van der Waals surface area (Å²) in [7, 11) is -3.29. The average Bonchev–Trinajstić information content (AvgIpc) is 2.42. The number of benzene rings is 2. The second kappa shape index (κ2) is 5.75. The van der Waals surface area contributed by atoms with E-state index in [2.05, 4.69) is 0 Å². The van der Waals surface area contributed by atoms with Gasteiger partial charge in [-0.2, -0.15) is 0 Å². The van der Waals surface area contributed by atoms with Crippen LogP contribution in [0.25, 0.3) is 0 Å².